The van der Waals surface area contributed by atoms with E-state index in [2.05, 4.69) is 4.72 Å². The molecule has 0 heterocycles. The Morgan fingerprint density at radius 1 is 1.40 bits per heavy atom. The predicted molar refractivity (Wildman–Crippen MR) is 79.2 cm³/mol. The molecule has 1 rings (SSSR count). The highest BCUT2D eigenvalue weighted by molar-refractivity contribution is 7.89. The first-order chi connectivity index (χ1) is 9.44. The van der Waals surface area contributed by atoms with Crippen LogP contribution in [0.2, 0.25) is 0 Å². The normalized spacial score (nSPS) is 11.8. The monoisotopic (exact) mass is 301 g/mol. The molecule has 1 aromatic rings. The third kappa shape index (κ3) is 4.45. The number of hydrogen-bond acceptors (Lipinski definition) is 5. The number of ether oxygens (including phenoxy) is 1. The molecule has 6 nitrogen and oxygen atoms in total. The molecule has 20 heavy (non-hydrogen) atoms. The van der Waals surface area contributed by atoms with Gasteiger partial charge in [-0.05, 0) is 31.3 Å². The molecule has 0 atom stereocenters. The van der Waals surface area contributed by atoms with Crippen LogP contribution in [-0.2, 0) is 16.6 Å². The number of benzene rings is 1. The zero-order valence-electron chi connectivity index (χ0n) is 12.2. The van der Waals surface area contributed by atoms with E-state index in [0.29, 0.717) is 25.4 Å². The predicted octanol–water partition coefficient (Wildman–Crippen LogP) is 0.384. The maximum Gasteiger partial charge on any atom is 0.244 e. The summed E-state index contributed by atoms with van der Waals surface area (Å²) in [5.74, 6) is 0.310. The molecule has 0 saturated carbocycles. The van der Waals surface area contributed by atoms with E-state index in [1.54, 1.807) is 12.1 Å². The number of nitrogens with one attached hydrogen (secondary N) is 1. The summed E-state index contributed by atoms with van der Waals surface area (Å²) in [7, 11) is -0.195. The number of hydrogen-bond donors (Lipinski definition) is 2. The first-order valence-corrected chi connectivity index (χ1v) is 7.98. The fourth-order valence-electron chi connectivity index (χ4n) is 1.67. The molecule has 3 N–H and O–H groups in total. The number of rotatable bonds is 8. The molecule has 0 fully saturated rings. The Morgan fingerprint density at radius 2 is 2.10 bits per heavy atom. The van der Waals surface area contributed by atoms with Crippen molar-refractivity contribution in [1.29, 1.82) is 0 Å². The van der Waals surface area contributed by atoms with Gasteiger partial charge in [-0.3, -0.25) is 0 Å². The molecule has 114 valence electrons. The number of nitrogens with zero attached hydrogens (tertiary/aromatic N) is 1. The van der Waals surface area contributed by atoms with Crippen molar-refractivity contribution in [2.24, 2.45) is 5.73 Å². The molecule has 1 aromatic carbocycles. The van der Waals surface area contributed by atoms with E-state index in [-0.39, 0.29) is 4.90 Å². The fourth-order valence-corrected chi connectivity index (χ4v) is 2.84. The molecule has 0 aliphatic heterocycles. The van der Waals surface area contributed by atoms with E-state index in [9.17, 15) is 8.42 Å². The van der Waals surface area contributed by atoms with Gasteiger partial charge in [0.15, 0.2) is 0 Å². The van der Waals surface area contributed by atoms with Crippen LogP contribution in [0.4, 0.5) is 0 Å². The van der Waals surface area contributed by atoms with E-state index >= 15 is 0 Å². The van der Waals surface area contributed by atoms with Gasteiger partial charge in [-0.15, -0.1) is 0 Å². The van der Waals surface area contributed by atoms with Crippen molar-refractivity contribution >= 4 is 10.0 Å². The molecule has 0 bridgehead atoms. The summed E-state index contributed by atoms with van der Waals surface area (Å²) in [6, 6.07) is 4.86. The van der Waals surface area contributed by atoms with Gasteiger partial charge < -0.3 is 15.4 Å². The summed E-state index contributed by atoms with van der Waals surface area (Å²) < 4.78 is 32.2. The SMILES string of the molecule is CCN(C)CCNS(=O)(=O)c1ccc(CN)cc1OC. The van der Waals surface area contributed by atoms with E-state index in [1.165, 1.54) is 13.2 Å². The molecule has 0 aliphatic carbocycles. The number of sulfonamides is 1. The zero-order valence-corrected chi connectivity index (χ0v) is 13.0. The van der Waals surface area contributed by atoms with Gasteiger partial charge >= 0.3 is 0 Å². The highest BCUT2D eigenvalue weighted by atomic mass is 32.2. The molecule has 0 aromatic heterocycles. The minimum Gasteiger partial charge on any atom is -0.495 e. The van der Waals surface area contributed by atoms with Crippen LogP contribution in [0.1, 0.15) is 12.5 Å². The summed E-state index contributed by atoms with van der Waals surface area (Å²) in [6.45, 7) is 4.23. The second-order valence-electron chi connectivity index (χ2n) is 4.48. The first kappa shape index (κ1) is 16.9. The minimum absolute atomic E-state index is 0.136. The summed E-state index contributed by atoms with van der Waals surface area (Å²) in [6.07, 6.45) is 0. The van der Waals surface area contributed by atoms with Gasteiger partial charge in [-0.1, -0.05) is 13.0 Å². The Balaban J connectivity index is 2.86. The Bertz CT molecular complexity index is 532. The highest BCUT2D eigenvalue weighted by Gasteiger charge is 2.19. The van der Waals surface area contributed by atoms with E-state index in [1.807, 2.05) is 18.9 Å². The van der Waals surface area contributed by atoms with Crippen LogP contribution < -0.4 is 15.2 Å². The first-order valence-electron chi connectivity index (χ1n) is 6.49. The van der Waals surface area contributed by atoms with Crippen molar-refractivity contribution < 1.29 is 13.2 Å². The van der Waals surface area contributed by atoms with Crippen LogP contribution >= 0.6 is 0 Å². The number of likely N-dealkylation sites (N-methyl/N-ethyl adjacent to an activating group) is 1. The van der Waals surface area contributed by atoms with E-state index in [0.717, 1.165) is 12.1 Å². The lowest BCUT2D eigenvalue weighted by Gasteiger charge is -2.15. The van der Waals surface area contributed by atoms with E-state index < -0.39 is 10.0 Å². The molecule has 0 saturated heterocycles. The Labute approximate surface area is 121 Å². The minimum atomic E-state index is -3.57. The van der Waals surface area contributed by atoms with Crippen LogP contribution in [0, 0.1) is 0 Å². The van der Waals surface area contributed by atoms with Crippen LogP contribution in [0.15, 0.2) is 23.1 Å². The summed E-state index contributed by atoms with van der Waals surface area (Å²) in [5.41, 5.74) is 6.36. The van der Waals surface area contributed by atoms with Crippen LogP contribution in [0.5, 0.6) is 5.75 Å². The summed E-state index contributed by atoms with van der Waals surface area (Å²) in [5, 5.41) is 0. The van der Waals surface area contributed by atoms with Gasteiger partial charge in [0.25, 0.3) is 0 Å². The van der Waals surface area contributed by atoms with Crippen LogP contribution in [0.25, 0.3) is 0 Å². The lowest BCUT2D eigenvalue weighted by Crippen LogP contribution is -2.33. The van der Waals surface area contributed by atoms with Gasteiger partial charge in [0.05, 0.1) is 7.11 Å². The largest absolute Gasteiger partial charge is 0.495 e. The quantitative estimate of drug-likeness (QED) is 0.725. The standard InChI is InChI=1S/C13H23N3O3S/c1-4-16(2)8-7-15-20(17,18)13-6-5-11(10-14)9-12(13)19-3/h5-6,9,15H,4,7-8,10,14H2,1-3H3. The van der Waals surface area contributed by atoms with Gasteiger partial charge in [0.2, 0.25) is 10.0 Å². The fraction of sp³-hybridized carbons (Fsp3) is 0.538. The van der Waals surface area contributed by atoms with Crippen molar-refractivity contribution in [2.45, 2.75) is 18.4 Å². The third-order valence-corrected chi connectivity index (χ3v) is 4.58. The topological polar surface area (TPSA) is 84.7 Å². The van der Waals surface area contributed by atoms with Crippen molar-refractivity contribution in [3.8, 4) is 5.75 Å². The average molecular weight is 301 g/mol. The summed E-state index contributed by atoms with van der Waals surface area (Å²) in [4.78, 5) is 2.16. The Hall–Kier alpha value is -1.15. The third-order valence-electron chi connectivity index (χ3n) is 3.08. The van der Waals surface area contributed by atoms with Crippen molar-refractivity contribution in [3.05, 3.63) is 23.8 Å². The lowest BCUT2D eigenvalue weighted by atomic mass is 10.2. The molecule has 0 aliphatic rings. The average Bonchev–Trinajstić information content (AvgIpc) is 2.45. The van der Waals surface area contributed by atoms with Crippen LogP contribution in [0.3, 0.4) is 0 Å². The van der Waals surface area contributed by atoms with Gasteiger partial charge in [0.1, 0.15) is 10.6 Å². The maximum absolute atomic E-state index is 12.2. The molecule has 0 radical (unpaired) electrons. The van der Waals surface area contributed by atoms with Gasteiger partial charge in [-0.2, -0.15) is 0 Å². The number of methoxy groups -OCH3 is 1. The molecular weight excluding hydrogens is 278 g/mol. The number of nitrogens with two attached hydrogens (primary N) is 1. The second kappa shape index (κ2) is 7.58. The smallest absolute Gasteiger partial charge is 0.244 e. The van der Waals surface area contributed by atoms with Gasteiger partial charge in [0, 0.05) is 19.6 Å². The summed E-state index contributed by atoms with van der Waals surface area (Å²) >= 11 is 0. The van der Waals surface area contributed by atoms with Crippen molar-refractivity contribution in [3.63, 3.8) is 0 Å². The molecule has 0 unspecified atom stereocenters. The molecule has 7 heteroatoms. The van der Waals surface area contributed by atoms with Crippen LogP contribution in [-0.4, -0.2) is 47.1 Å². The van der Waals surface area contributed by atoms with Crippen molar-refractivity contribution in [2.75, 3.05) is 33.8 Å². The van der Waals surface area contributed by atoms with E-state index in [4.69, 9.17) is 10.5 Å². The molecule has 0 spiro atoms. The second-order valence-corrected chi connectivity index (χ2v) is 6.22. The Kier molecular flexibility index (Phi) is 6.41. The zero-order chi connectivity index (χ0) is 15.2. The lowest BCUT2D eigenvalue weighted by molar-refractivity contribution is 0.357. The highest BCUT2D eigenvalue weighted by Crippen LogP contribution is 2.24. The molecular formula is C13H23N3O3S. The van der Waals surface area contributed by atoms with Crippen molar-refractivity contribution in [1.82, 2.24) is 9.62 Å². The molecule has 0 amide bonds. The maximum atomic E-state index is 12.2. The van der Waals surface area contributed by atoms with Gasteiger partial charge in [-0.25, -0.2) is 13.1 Å². The Morgan fingerprint density at radius 3 is 2.65 bits per heavy atom.